The molecule has 1 N–H and O–H groups in total. The number of nitrogens with one attached hydrogen (secondary N) is 1. The lowest BCUT2D eigenvalue weighted by atomic mass is 10.2. The van der Waals surface area contributed by atoms with Gasteiger partial charge in [0, 0.05) is 26.9 Å². The maximum absolute atomic E-state index is 5.20. The molecule has 1 unspecified atom stereocenters. The zero-order valence-corrected chi connectivity index (χ0v) is 12.9. The van der Waals surface area contributed by atoms with Crippen LogP contribution in [-0.2, 0) is 11.3 Å². The number of likely N-dealkylation sites (N-methyl/N-ethyl adjacent to an activating group) is 1. The Morgan fingerprint density at radius 1 is 1.47 bits per heavy atom. The first-order chi connectivity index (χ1) is 9.10. The van der Waals surface area contributed by atoms with Crippen LogP contribution < -0.4 is 10.2 Å². The fourth-order valence-corrected chi connectivity index (χ4v) is 2.06. The first-order valence-corrected chi connectivity index (χ1v) is 6.98. The predicted octanol–water partition coefficient (Wildman–Crippen LogP) is 2.36. The van der Waals surface area contributed by atoms with Crippen LogP contribution in [0.2, 0.25) is 0 Å². The number of hydrogen-bond donors (Lipinski definition) is 1. The van der Waals surface area contributed by atoms with E-state index in [2.05, 4.69) is 49.1 Å². The van der Waals surface area contributed by atoms with Crippen LogP contribution in [0.3, 0.4) is 0 Å². The standard InChI is InChI=1S/C15H27N3O/c1-6-7-16-9-14-8-12(2)15(17-10-14)18(4)13(3)11-19-5/h8,10,13,16H,6-7,9,11H2,1-5H3. The number of methoxy groups -OCH3 is 1. The Morgan fingerprint density at radius 2 is 2.21 bits per heavy atom. The Morgan fingerprint density at radius 3 is 2.79 bits per heavy atom. The summed E-state index contributed by atoms with van der Waals surface area (Å²) in [6.45, 7) is 9.07. The summed E-state index contributed by atoms with van der Waals surface area (Å²) in [5, 5.41) is 3.40. The lowest BCUT2D eigenvalue weighted by Crippen LogP contribution is -2.33. The van der Waals surface area contributed by atoms with Crippen LogP contribution in [0.5, 0.6) is 0 Å². The highest BCUT2D eigenvalue weighted by atomic mass is 16.5. The zero-order chi connectivity index (χ0) is 14.3. The Kier molecular flexibility index (Phi) is 6.81. The second kappa shape index (κ2) is 8.12. The van der Waals surface area contributed by atoms with Crippen molar-refractivity contribution in [1.82, 2.24) is 10.3 Å². The summed E-state index contributed by atoms with van der Waals surface area (Å²) in [4.78, 5) is 6.76. The molecule has 1 heterocycles. The Labute approximate surface area is 117 Å². The highest BCUT2D eigenvalue weighted by Gasteiger charge is 2.13. The maximum atomic E-state index is 5.20. The summed E-state index contributed by atoms with van der Waals surface area (Å²) in [6, 6.07) is 2.53. The van der Waals surface area contributed by atoms with E-state index in [1.165, 1.54) is 11.1 Å². The van der Waals surface area contributed by atoms with Gasteiger partial charge in [-0.15, -0.1) is 0 Å². The molecule has 0 fully saturated rings. The van der Waals surface area contributed by atoms with Crippen LogP contribution in [0.15, 0.2) is 12.3 Å². The predicted molar refractivity (Wildman–Crippen MR) is 80.7 cm³/mol. The largest absolute Gasteiger partial charge is 0.383 e. The summed E-state index contributed by atoms with van der Waals surface area (Å²) >= 11 is 0. The van der Waals surface area contributed by atoms with Gasteiger partial charge in [-0.3, -0.25) is 0 Å². The van der Waals surface area contributed by atoms with E-state index < -0.39 is 0 Å². The molecule has 0 aliphatic rings. The molecule has 0 spiro atoms. The van der Waals surface area contributed by atoms with Gasteiger partial charge in [-0.1, -0.05) is 6.92 Å². The van der Waals surface area contributed by atoms with E-state index >= 15 is 0 Å². The number of ether oxygens (including phenoxy) is 1. The van der Waals surface area contributed by atoms with Crippen molar-refractivity contribution >= 4 is 5.82 Å². The Hall–Kier alpha value is -1.13. The fraction of sp³-hybridized carbons (Fsp3) is 0.667. The topological polar surface area (TPSA) is 37.4 Å². The molecule has 0 radical (unpaired) electrons. The molecule has 1 aromatic heterocycles. The first kappa shape index (κ1) is 15.9. The normalized spacial score (nSPS) is 12.5. The van der Waals surface area contributed by atoms with Gasteiger partial charge in [0.1, 0.15) is 5.82 Å². The lowest BCUT2D eigenvalue weighted by molar-refractivity contribution is 0.183. The van der Waals surface area contributed by atoms with Crippen LogP contribution in [0.1, 0.15) is 31.4 Å². The van der Waals surface area contributed by atoms with E-state index in [1.807, 2.05) is 6.20 Å². The van der Waals surface area contributed by atoms with E-state index in [4.69, 9.17) is 4.74 Å². The Bertz CT molecular complexity index is 382. The van der Waals surface area contributed by atoms with Crippen molar-refractivity contribution in [1.29, 1.82) is 0 Å². The molecule has 0 saturated carbocycles. The highest BCUT2D eigenvalue weighted by Crippen LogP contribution is 2.18. The zero-order valence-electron chi connectivity index (χ0n) is 12.9. The van der Waals surface area contributed by atoms with Crippen molar-refractivity contribution in [3.05, 3.63) is 23.4 Å². The summed E-state index contributed by atoms with van der Waals surface area (Å²) in [7, 11) is 3.79. The Balaban J connectivity index is 2.70. The van der Waals surface area contributed by atoms with Crippen molar-refractivity contribution < 1.29 is 4.74 Å². The number of aryl methyl sites for hydroxylation is 1. The summed E-state index contributed by atoms with van der Waals surface area (Å²) in [5.74, 6) is 1.03. The second-order valence-corrected chi connectivity index (χ2v) is 5.08. The van der Waals surface area contributed by atoms with Gasteiger partial charge in [0.2, 0.25) is 0 Å². The molecule has 4 heteroatoms. The summed E-state index contributed by atoms with van der Waals surface area (Å²) in [5.41, 5.74) is 2.45. The molecular formula is C15H27N3O. The van der Waals surface area contributed by atoms with Gasteiger partial charge < -0.3 is 15.0 Å². The lowest BCUT2D eigenvalue weighted by Gasteiger charge is -2.27. The fourth-order valence-electron chi connectivity index (χ4n) is 2.06. The first-order valence-electron chi connectivity index (χ1n) is 6.98. The number of hydrogen-bond acceptors (Lipinski definition) is 4. The molecular weight excluding hydrogens is 238 g/mol. The third-order valence-electron chi connectivity index (χ3n) is 3.27. The molecule has 0 amide bonds. The molecule has 1 rings (SSSR count). The van der Waals surface area contributed by atoms with Gasteiger partial charge in [-0.05, 0) is 44.0 Å². The minimum Gasteiger partial charge on any atom is -0.383 e. The summed E-state index contributed by atoms with van der Waals surface area (Å²) < 4.78 is 5.20. The van der Waals surface area contributed by atoms with Gasteiger partial charge in [0.05, 0.1) is 12.6 Å². The number of nitrogens with zero attached hydrogens (tertiary/aromatic N) is 2. The molecule has 1 atom stereocenters. The van der Waals surface area contributed by atoms with Gasteiger partial charge >= 0.3 is 0 Å². The van der Waals surface area contributed by atoms with Crippen LogP contribution in [0, 0.1) is 6.92 Å². The number of aromatic nitrogens is 1. The minimum absolute atomic E-state index is 0.320. The van der Waals surface area contributed by atoms with Crippen molar-refractivity contribution in [3.63, 3.8) is 0 Å². The van der Waals surface area contributed by atoms with Crippen LogP contribution in [0.4, 0.5) is 5.82 Å². The average molecular weight is 265 g/mol. The third-order valence-corrected chi connectivity index (χ3v) is 3.27. The van der Waals surface area contributed by atoms with Crippen molar-refractivity contribution in [2.45, 2.75) is 39.8 Å². The molecule has 108 valence electrons. The monoisotopic (exact) mass is 265 g/mol. The maximum Gasteiger partial charge on any atom is 0.131 e. The van der Waals surface area contributed by atoms with E-state index in [0.29, 0.717) is 12.6 Å². The number of pyridine rings is 1. The molecule has 0 aliphatic carbocycles. The molecule has 0 bridgehead atoms. The van der Waals surface area contributed by atoms with Gasteiger partial charge in [-0.2, -0.15) is 0 Å². The molecule has 4 nitrogen and oxygen atoms in total. The van der Waals surface area contributed by atoms with Crippen LogP contribution in [-0.4, -0.2) is 38.3 Å². The molecule has 0 aromatic carbocycles. The van der Waals surface area contributed by atoms with E-state index in [1.54, 1.807) is 7.11 Å². The molecule has 0 aliphatic heterocycles. The minimum atomic E-state index is 0.320. The highest BCUT2D eigenvalue weighted by molar-refractivity contribution is 5.47. The van der Waals surface area contributed by atoms with Crippen molar-refractivity contribution in [2.24, 2.45) is 0 Å². The smallest absolute Gasteiger partial charge is 0.131 e. The van der Waals surface area contributed by atoms with Crippen molar-refractivity contribution in [3.8, 4) is 0 Å². The quantitative estimate of drug-likeness (QED) is 0.732. The third kappa shape index (κ3) is 4.80. The second-order valence-electron chi connectivity index (χ2n) is 5.08. The molecule has 0 saturated heterocycles. The average Bonchev–Trinajstić information content (AvgIpc) is 2.39. The van der Waals surface area contributed by atoms with E-state index in [0.717, 1.165) is 25.3 Å². The number of rotatable bonds is 8. The van der Waals surface area contributed by atoms with Gasteiger partial charge in [-0.25, -0.2) is 4.98 Å². The number of anilines is 1. The van der Waals surface area contributed by atoms with Crippen molar-refractivity contribution in [2.75, 3.05) is 32.2 Å². The van der Waals surface area contributed by atoms with Gasteiger partial charge in [0.15, 0.2) is 0 Å². The van der Waals surface area contributed by atoms with Crippen LogP contribution in [0.25, 0.3) is 0 Å². The van der Waals surface area contributed by atoms with Gasteiger partial charge in [0.25, 0.3) is 0 Å². The molecule has 19 heavy (non-hydrogen) atoms. The molecule has 1 aromatic rings. The van der Waals surface area contributed by atoms with Crippen LogP contribution >= 0.6 is 0 Å². The SMILES string of the molecule is CCCNCc1cnc(N(C)C(C)COC)c(C)c1. The van der Waals surface area contributed by atoms with E-state index in [-0.39, 0.29) is 0 Å². The summed E-state index contributed by atoms with van der Waals surface area (Å²) in [6.07, 6.45) is 3.11. The van der Waals surface area contributed by atoms with E-state index in [9.17, 15) is 0 Å².